The highest BCUT2D eigenvalue weighted by Gasteiger charge is 2.38. The smallest absolute Gasteiger partial charge is 0.475 e. The molecule has 0 bridgehead atoms. The van der Waals surface area contributed by atoms with E-state index in [2.05, 4.69) is 32.1 Å². The van der Waals surface area contributed by atoms with E-state index in [-0.39, 0.29) is 5.91 Å². The van der Waals surface area contributed by atoms with Gasteiger partial charge in [0.2, 0.25) is 0 Å². The molecule has 1 aromatic carbocycles. The Hall–Kier alpha value is -4.18. The van der Waals surface area contributed by atoms with Gasteiger partial charge in [-0.1, -0.05) is 18.6 Å². The van der Waals surface area contributed by atoms with Crippen LogP contribution in [0.25, 0.3) is 5.65 Å². The zero-order valence-corrected chi connectivity index (χ0v) is 18.3. The number of benzene rings is 1. The van der Waals surface area contributed by atoms with Gasteiger partial charge in [-0.15, -0.1) is 0 Å². The highest BCUT2D eigenvalue weighted by molar-refractivity contribution is 6.08. The number of nitrogens with one attached hydrogen (secondary N) is 3. The molecule has 1 unspecified atom stereocenters. The molecule has 1 fully saturated rings. The molecule has 0 radical (unpaired) electrons. The van der Waals surface area contributed by atoms with Gasteiger partial charge in [0.05, 0.1) is 17.4 Å². The molecular formula is C22H22F3N7O3. The zero-order valence-electron chi connectivity index (χ0n) is 18.3. The number of para-hydroxylation sites is 1. The summed E-state index contributed by atoms with van der Waals surface area (Å²) in [6, 6.07) is 11.1. The van der Waals surface area contributed by atoms with Crippen LogP contribution in [-0.4, -0.2) is 56.9 Å². The summed E-state index contributed by atoms with van der Waals surface area (Å²) in [7, 11) is 0. The highest BCUT2D eigenvalue weighted by atomic mass is 19.4. The second kappa shape index (κ2) is 11.3. The number of nitriles is 1. The number of carbonyl (C=O) groups excluding carboxylic acids is 1. The fourth-order valence-corrected chi connectivity index (χ4v) is 3.34. The molecule has 1 amide bonds. The van der Waals surface area contributed by atoms with Crippen molar-refractivity contribution in [2.45, 2.75) is 31.5 Å². The van der Waals surface area contributed by atoms with Crippen LogP contribution in [0.4, 0.5) is 24.7 Å². The molecule has 0 spiro atoms. The minimum absolute atomic E-state index is 0.306. The normalized spacial score (nSPS) is 15.8. The molecular weight excluding hydrogens is 467 g/mol. The van der Waals surface area contributed by atoms with Crippen LogP contribution >= 0.6 is 0 Å². The Balaban J connectivity index is 0.000000429. The molecule has 4 N–H and O–H groups in total. The van der Waals surface area contributed by atoms with Crippen molar-refractivity contribution >= 4 is 29.0 Å². The van der Waals surface area contributed by atoms with Gasteiger partial charge in [-0.2, -0.15) is 23.5 Å². The summed E-state index contributed by atoms with van der Waals surface area (Å²) in [5.41, 5.74) is 1.70. The number of carbonyl (C=O) groups is 2. The maximum absolute atomic E-state index is 12.8. The van der Waals surface area contributed by atoms with Crippen molar-refractivity contribution in [3.63, 3.8) is 0 Å². The number of amides is 1. The van der Waals surface area contributed by atoms with Crippen LogP contribution in [0.2, 0.25) is 0 Å². The Labute approximate surface area is 197 Å². The van der Waals surface area contributed by atoms with Crippen LogP contribution in [-0.2, 0) is 4.79 Å². The van der Waals surface area contributed by atoms with E-state index in [0.717, 1.165) is 19.5 Å². The molecule has 3 heterocycles. The number of halogens is 3. The van der Waals surface area contributed by atoms with Gasteiger partial charge in [0.15, 0.2) is 5.65 Å². The number of carboxylic acid groups (broad SMARTS) is 1. The minimum atomic E-state index is -5.08. The number of alkyl halides is 3. The van der Waals surface area contributed by atoms with Crippen LogP contribution in [0.3, 0.4) is 0 Å². The SMILES string of the molecule is N#Cc1ccccc1NC(=O)c1cnn2ccc(NC3CCCCNC3)nc12.O=C(O)C(F)(F)F. The molecule has 35 heavy (non-hydrogen) atoms. The highest BCUT2D eigenvalue weighted by Crippen LogP contribution is 2.18. The van der Waals surface area contributed by atoms with Gasteiger partial charge in [-0.05, 0) is 37.6 Å². The molecule has 3 aromatic rings. The van der Waals surface area contributed by atoms with E-state index in [1.54, 1.807) is 35.0 Å². The van der Waals surface area contributed by atoms with Gasteiger partial charge in [-0.25, -0.2) is 14.3 Å². The van der Waals surface area contributed by atoms with E-state index in [9.17, 15) is 23.2 Å². The quantitative estimate of drug-likeness (QED) is 0.438. The van der Waals surface area contributed by atoms with Crippen LogP contribution < -0.4 is 16.0 Å². The number of fused-ring (bicyclic) bond motifs is 1. The first-order chi connectivity index (χ1) is 16.7. The van der Waals surface area contributed by atoms with Crippen molar-refractivity contribution in [3.8, 4) is 6.07 Å². The Bertz CT molecular complexity index is 1230. The Morgan fingerprint density at radius 2 is 1.97 bits per heavy atom. The van der Waals surface area contributed by atoms with Crippen LogP contribution in [0.1, 0.15) is 35.2 Å². The number of hydrogen-bond donors (Lipinski definition) is 4. The van der Waals surface area contributed by atoms with Crippen molar-refractivity contribution in [3.05, 3.63) is 53.9 Å². The lowest BCUT2D eigenvalue weighted by Gasteiger charge is -2.17. The van der Waals surface area contributed by atoms with E-state index >= 15 is 0 Å². The molecule has 2 aromatic heterocycles. The van der Waals surface area contributed by atoms with Crippen molar-refractivity contribution in [2.24, 2.45) is 0 Å². The summed E-state index contributed by atoms with van der Waals surface area (Å²) in [6.45, 7) is 1.94. The summed E-state index contributed by atoms with van der Waals surface area (Å²) >= 11 is 0. The first-order valence-corrected chi connectivity index (χ1v) is 10.6. The van der Waals surface area contributed by atoms with Gasteiger partial charge >= 0.3 is 12.1 Å². The lowest BCUT2D eigenvalue weighted by Crippen LogP contribution is -2.31. The summed E-state index contributed by atoms with van der Waals surface area (Å²) in [5, 5.41) is 30.2. The van der Waals surface area contributed by atoms with Crippen molar-refractivity contribution in [1.29, 1.82) is 5.26 Å². The van der Waals surface area contributed by atoms with E-state index in [0.29, 0.717) is 34.3 Å². The third-order valence-corrected chi connectivity index (χ3v) is 5.05. The maximum Gasteiger partial charge on any atom is 0.490 e. The van der Waals surface area contributed by atoms with Gasteiger partial charge in [-0.3, -0.25) is 4.79 Å². The predicted molar refractivity (Wildman–Crippen MR) is 120 cm³/mol. The largest absolute Gasteiger partial charge is 0.490 e. The first-order valence-electron chi connectivity index (χ1n) is 10.6. The van der Waals surface area contributed by atoms with E-state index < -0.39 is 12.1 Å². The lowest BCUT2D eigenvalue weighted by molar-refractivity contribution is -0.192. The minimum Gasteiger partial charge on any atom is -0.475 e. The second-order valence-corrected chi connectivity index (χ2v) is 7.59. The summed E-state index contributed by atoms with van der Waals surface area (Å²) < 4.78 is 33.3. The van der Waals surface area contributed by atoms with E-state index in [1.807, 2.05) is 6.07 Å². The van der Waals surface area contributed by atoms with E-state index in [1.165, 1.54) is 19.0 Å². The number of nitrogens with zero attached hydrogens (tertiary/aromatic N) is 4. The van der Waals surface area contributed by atoms with Gasteiger partial charge < -0.3 is 21.1 Å². The summed E-state index contributed by atoms with van der Waals surface area (Å²) in [4.78, 5) is 26.3. The Kier molecular flexibility index (Phi) is 8.21. The van der Waals surface area contributed by atoms with Crippen molar-refractivity contribution in [1.82, 2.24) is 19.9 Å². The third-order valence-electron chi connectivity index (χ3n) is 5.05. The number of aliphatic carboxylic acids is 1. The van der Waals surface area contributed by atoms with Crippen molar-refractivity contribution in [2.75, 3.05) is 23.7 Å². The van der Waals surface area contributed by atoms with E-state index in [4.69, 9.17) is 9.90 Å². The molecule has 13 heteroatoms. The van der Waals surface area contributed by atoms with Gasteiger partial charge in [0.25, 0.3) is 5.91 Å². The standard InChI is InChI=1S/C20H21N7O.C2HF3O2/c21-11-14-5-1-2-7-17(14)25-20(28)16-13-23-27-10-8-18(26-19(16)27)24-15-6-3-4-9-22-12-15;3-2(4,5)1(6)7/h1-2,5,7-8,10,13,15,22H,3-4,6,9,12H2,(H,24,26)(H,25,28);(H,6,7). The number of carboxylic acids is 1. The van der Waals surface area contributed by atoms with Crippen LogP contribution in [0.15, 0.2) is 42.7 Å². The molecule has 1 aliphatic heterocycles. The molecule has 184 valence electrons. The van der Waals surface area contributed by atoms with Crippen molar-refractivity contribution < 1.29 is 27.9 Å². The van der Waals surface area contributed by atoms with Gasteiger partial charge in [0, 0.05) is 18.8 Å². The fourth-order valence-electron chi connectivity index (χ4n) is 3.34. The third kappa shape index (κ3) is 6.90. The monoisotopic (exact) mass is 489 g/mol. The predicted octanol–water partition coefficient (Wildman–Crippen LogP) is 3.04. The molecule has 1 aliphatic rings. The zero-order chi connectivity index (χ0) is 25.4. The van der Waals surface area contributed by atoms with Crippen LogP contribution in [0, 0.1) is 11.3 Å². The second-order valence-electron chi connectivity index (χ2n) is 7.59. The molecule has 10 nitrogen and oxygen atoms in total. The van der Waals surface area contributed by atoms with Gasteiger partial charge in [0.1, 0.15) is 17.5 Å². The molecule has 1 atom stereocenters. The average molecular weight is 489 g/mol. The fraction of sp³-hybridized carbons (Fsp3) is 0.318. The molecule has 1 saturated heterocycles. The molecule has 0 aliphatic carbocycles. The Morgan fingerprint density at radius 3 is 2.69 bits per heavy atom. The molecule has 4 rings (SSSR count). The number of aromatic nitrogens is 3. The number of hydrogen-bond acceptors (Lipinski definition) is 7. The first kappa shape index (κ1) is 25.4. The summed E-state index contributed by atoms with van der Waals surface area (Å²) in [5.74, 6) is -2.39. The topological polar surface area (TPSA) is 144 Å². The average Bonchev–Trinajstić information content (AvgIpc) is 3.07. The van der Waals surface area contributed by atoms with Crippen LogP contribution in [0.5, 0.6) is 0 Å². The number of rotatable bonds is 4. The maximum atomic E-state index is 12.8. The Morgan fingerprint density at radius 1 is 1.23 bits per heavy atom. The number of anilines is 2. The summed E-state index contributed by atoms with van der Waals surface area (Å²) in [6.07, 6.45) is 1.63. The lowest BCUT2D eigenvalue weighted by atomic mass is 10.1. The molecule has 0 saturated carbocycles.